The number of nitrogens with one attached hydrogen (secondary N) is 2. The first-order chi connectivity index (χ1) is 15.9. The lowest BCUT2D eigenvalue weighted by molar-refractivity contribution is -0.120. The Bertz CT molecular complexity index is 1180. The maximum absolute atomic E-state index is 12.2. The second-order valence-corrected chi connectivity index (χ2v) is 7.98. The van der Waals surface area contributed by atoms with Gasteiger partial charge in [0.1, 0.15) is 5.75 Å². The van der Waals surface area contributed by atoms with Gasteiger partial charge in [0.2, 0.25) is 5.91 Å². The van der Waals surface area contributed by atoms with Gasteiger partial charge in [0, 0.05) is 17.4 Å². The fraction of sp³-hybridized carbons (Fsp3) is 0.0833. The Morgan fingerprint density at radius 2 is 1.61 bits per heavy atom. The van der Waals surface area contributed by atoms with Gasteiger partial charge >= 0.3 is 5.97 Å². The van der Waals surface area contributed by atoms with Gasteiger partial charge in [-0.3, -0.25) is 9.59 Å². The van der Waals surface area contributed by atoms with Gasteiger partial charge < -0.3 is 10.1 Å². The highest BCUT2D eigenvalue weighted by atomic mass is 79.9. The average Bonchev–Trinajstić information content (AvgIpc) is 2.80. The zero-order valence-corrected chi connectivity index (χ0v) is 19.6. The fourth-order valence-corrected chi connectivity index (χ4v) is 3.34. The molecule has 0 aliphatic rings. The Hall–Kier alpha value is -3.49. The lowest BCUT2D eigenvalue weighted by atomic mass is 10.2. The van der Waals surface area contributed by atoms with Crippen LogP contribution in [0.25, 0.3) is 0 Å². The molecule has 0 unspecified atom stereocenters. The molecular weight excluding hydrogens is 510 g/mol. The van der Waals surface area contributed by atoms with E-state index >= 15 is 0 Å². The molecule has 0 bridgehead atoms. The SMILES string of the molecule is O=C(CCNC(=O)c1ccccc1Cl)NN=Cc1ccc(OC(=O)c2ccccc2Br)cc1. The van der Waals surface area contributed by atoms with Crippen LogP contribution in [0.5, 0.6) is 5.75 Å². The molecule has 0 heterocycles. The van der Waals surface area contributed by atoms with Crippen LogP contribution < -0.4 is 15.5 Å². The second-order valence-electron chi connectivity index (χ2n) is 6.72. The van der Waals surface area contributed by atoms with Crippen LogP contribution in [0.1, 0.15) is 32.7 Å². The number of ether oxygens (including phenoxy) is 1. The van der Waals surface area contributed by atoms with Crippen LogP contribution in [0.2, 0.25) is 5.02 Å². The number of halogens is 2. The summed E-state index contributed by atoms with van der Waals surface area (Å²) in [4.78, 5) is 36.2. The summed E-state index contributed by atoms with van der Waals surface area (Å²) in [6.45, 7) is 0.142. The molecule has 0 aliphatic carbocycles. The normalized spacial score (nSPS) is 10.6. The van der Waals surface area contributed by atoms with E-state index in [1.54, 1.807) is 66.7 Å². The number of rotatable bonds is 8. The minimum Gasteiger partial charge on any atom is -0.423 e. The zero-order valence-electron chi connectivity index (χ0n) is 17.3. The molecule has 3 aromatic rings. The average molecular weight is 529 g/mol. The van der Waals surface area contributed by atoms with Crippen LogP contribution in [-0.4, -0.2) is 30.5 Å². The van der Waals surface area contributed by atoms with E-state index in [0.29, 0.717) is 31.9 Å². The van der Waals surface area contributed by atoms with Gasteiger partial charge in [-0.05, 0) is 70.0 Å². The summed E-state index contributed by atoms with van der Waals surface area (Å²) in [5.41, 5.74) is 3.87. The highest BCUT2D eigenvalue weighted by molar-refractivity contribution is 9.10. The first kappa shape index (κ1) is 24.2. The van der Waals surface area contributed by atoms with E-state index in [4.69, 9.17) is 16.3 Å². The van der Waals surface area contributed by atoms with Crippen LogP contribution >= 0.6 is 27.5 Å². The van der Waals surface area contributed by atoms with Gasteiger partial charge in [-0.1, -0.05) is 35.9 Å². The topological polar surface area (TPSA) is 96.9 Å². The van der Waals surface area contributed by atoms with Crippen molar-refractivity contribution in [1.82, 2.24) is 10.7 Å². The molecule has 0 aliphatic heterocycles. The van der Waals surface area contributed by atoms with Crippen molar-refractivity contribution in [3.8, 4) is 5.75 Å². The van der Waals surface area contributed by atoms with Crippen molar-refractivity contribution < 1.29 is 19.1 Å². The van der Waals surface area contributed by atoms with E-state index in [2.05, 4.69) is 31.8 Å². The Labute approximate surface area is 203 Å². The van der Waals surface area contributed by atoms with Crippen molar-refractivity contribution in [2.45, 2.75) is 6.42 Å². The first-order valence-corrected chi connectivity index (χ1v) is 11.0. The van der Waals surface area contributed by atoms with Gasteiger partial charge in [-0.25, -0.2) is 10.2 Å². The molecule has 0 spiro atoms. The van der Waals surface area contributed by atoms with Gasteiger partial charge in [0.25, 0.3) is 5.91 Å². The molecule has 7 nitrogen and oxygen atoms in total. The molecule has 0 radical (unpaired) electrons. The maximum Gasteiger partial charge on any atom is 0.344 e. The molecule has 168 valence electrons. The van der Waals surface area contributed by atoms with Crippen molar-refractivity contribution >= 4 is 51.5 Å². The lowest BCUT2D eigenvalue weighted by Crippen LogP contribution is -2.29. The smallest absolute Gasteiger partial charge is 0.344 e. The van der Waals surface area contributed by atoms with Crippen LogP contribution in [0.15, 0.2) is 82.4 Å². The minimum absolute atomic E-state index is 0.0530. The third kappa shape index (κ3) is 7.27. The molecular formula is C24H19BrClN3O4. The minimum atomic E-state index is -0.474. The predicted molar refractivity (Wildman–Crippen MR) is 130 cm³/mol. The summed E-state index contributed by atoms with van der Waals surface area (Å²) in [5.74, 6) is -0.800. The van der Waals surface area contributed by atoms with E-state index < -0.39 is 5.97 Å². The number of esters is 1. The molecule has 33 heavy (non-hydrogen) atoms. The molecule has 0 aromatic heterocycles. The van der Waals surface area contributed by atoms with Crippen LogP contribution in [0.4, 0.5) is 0 Å². The summed E-state index contributed by atoms with van der Waals surface area (Å²) >= 11 is 9.29. The van der Waals surface area contributed by atoms with Crippen LogP contribution in [0.3, 0.4) is 0 Å². The Balaban J connectivity index is 1.42. The highest BCUT2D eigenvalue weighted by Gasteiger charge is 2.12. The van der Waals surface area contributed by atoms with Crippen molar-refractivity contribution in [3.63, 3.8) is 0 Å². The van der Waals surface area contributed by atoms with Crippen LogP contribution in [-0.2, 0) is 4.79 Å². The van der Waals surface area contributed by atoms with Crippen molar-refractivity contribution in [2.24, 2.45) is 5.10 Å². The number of hydrogen-bond acceptors (Lipinski definition) is 5. The molecule has 2 amide bonds. The molecule has 0 saturated heterocycles. The van der Waals surface area contributed by atoms with Gasteiger partial charge in [0.15, 0.2) is 0 Å². The molecule has 2 N–H and O–H groups in total. The first-order valence-electron chi connectivity index (χ1n) is 9.85. The largest absolute Gasteiger partial charge is 0.423 e. The van der Waals surface area contributed by atoms with Gasteiger partial charge in [-0.2, -0.15) is 5.10 Å². The van der Waals surface area contributed by atoms with Crippen molar-refractivity contribution in [2.75, 3.05) is 6.54 Å². The Morgan fingerprint density at radius 3 is 2.30 bits per heavy atom. The molecule has 0 saturated carbocycles. The van der Waals surface area contributed by atoms with E-state index in [1.807, 2.05) is 6.07 Å². The fourth-order valence-electron chi connectivity index (χ4n) is 2.68. The lowest BCUT2D eigenvalue weighted by Gasteiger charge is -2.06. The molecule has 3 rings (SSSR count). The van der Waals surface area contributed by atoms with E-state index in [0.717, 1.165) is 0 Å². The van der Waals surface area contributed by atoms with Crippen molar-refractivity contribution in [3.05, 3.63) is 99.0 Å². The molecule has 9 heteroatoms. The van der Waals surface area contributed by atoms with E-state index in [1.165, 1.54) is 6.21 Å². The number of amides is 2. The summed E-state index contributed by atoms with van der Waals surface area (Å²) in [6.07, 6.45) is 1.51. The monoisotopic (exact) mass is 527 g/mol. The quantitative estimate of drug-likeness (QED) is 0.193. The molecule has 0 atom stereocenters. The summed E-state index contributed by atoms with van der Waals surface area (Å²) in [7, 11) is 0. The number of benzene rings is 3. The van der Waals surface area contributed by atoms with Crippen LogP contribution in [0, 0.1) is 0 Å². The standard InChI is InChI=1S/C24H19BrClN3O4/c25-20-7-3-1-5-18(20)24(32)33-17-11-9-16(10-12-17)15-28-29-22(30)13-14-27-23(31)19-6-2-4-8-21(19)26/h1-12,15H,13-14H2,(H,27,31)(H,29,30). The Morgan fingerprint density at radius 1 is 0.939 bits per heavy atom. The third-order valence-corrected chi connectivity index (χ3v) is 5.36. The molecule has 0 fully saturated rings. The van der Waals surface area contributed by atoms with Gasteiger partial charge in [0.05, 0.1) is 22.4 Å². The number of hydrogen-bond donors (Lipinski definition) is 2. The Kier molecular flexibility index (Phi) is 8.74. The van der Waals surface area contributed by atoms with E-state index in [9.17, 15) is 14.4 Å². The summed E-state index contributed by atoms with van der Waals surface area (Å²) in [6, 6.07) is 20.3. The summed E-state index contributed by atoms with van der Waals surface area (Å²) in [5, 5.41) is 6.87. The van der Waals surface area contributed by atoms with Gasteiger partial charge in [-0.15, -0.1) is 0 Å². The third-order valence-electron chi connectivity index (χ3n) is 4.34. The number of hydrazone groups is 1. The maximum atomic E-state index is 12.2. The second kappa shape index (κ2) is 11.9. The number of carbonyl (C=O) groups excluding carboxylic acids is 3. The van der Waals surface area contributed by atoms with E-state index in [-0.39, 0.29) is 24.8 Å². The van der Waals surface area contributed by atoms with Crippen molar-refractivity contribution in [1.29, 1.82) is 0 Å². The summed E-state index contributed by atoms with van der Waals surface area (Å²) < 4.78 is 6.01. The number of carbonyl (C=O) groups is 3. The zero-order chi connectivity index (χ0) is 23.6. The highest BCUT2D eigenvalue weighted by Crippen LogP contribution is 2.19. The molecule has 3 aromatic carbocycles. The number of nitrogens with zero attached hydrogens (tertiary/aromatic N) is 1. The predicted octanol–water partition coefficient (Wildman–Crippen LogP) is 4.59.